The largest absolute Gasteiger partial charge is 0.394 e. The Kier molecular flexibility index (Phi) is 6.93. The van der Waals surface area contributed by atoms with Crippen LogP contribution in [-0.2, 0) is 5.60 Å². The predicted molar refractivity (Wildman–Crippen MR) is 131 cm³/mol. The number of halogens is 2. The van der Waals surface area contributed by atoms with Gasteiger partial charge in [0, 0.05) is 30.2 Å². The van der Waals surface area contributed by atoms with E-state index in [2.05, 4.69) is 20.3 Å². The molecule has 0 saturated heterocycles. The third-order valence-electron chi connectivity index (χ3n) is 5.44. The molecule has 0 aliphatic heterocycles. The summed E-state index contributed by atoms with van der Waals surface area (Å²) in [4.78, 5) is 25.8. The van der Waals surface area contributed by atoms with Crippen molar-refractivity contribution in [1.29, 1.82) is 0 Å². The van der Waals surface area contributed by atoms with Crippen LogP contribution in [0.3, 0.4) is 0 Å². The number of nitrogens with zero attached hydrogens (tertiary/aromatic N) is 4. The molecule has 3 heterocycles. The summed E-state index contributed by atoms with van der Waals surface area (Å²) in [6, 6.07) is 11.5. The van der Waals surface area contributed by atoms with E-state index in [1.165, 1.54) is 29.0 Å². The number of rotatable bonds is 7. The molecule has 8 nitrogen and oxygen atoms in total. The maximum atomic E-state index is 13.9. The maximum Gasteiger partial charge on any atom is 0.251 e. The molecule has 1 atom stereocenters. The zero-order chi connectivity index (χ0) is 25.2. The van der Waals surface area contributed by atoms with Gasteiger partial charge in [0.2, 0.25) is 5.95 Å². The Morgan fingerprint density at radius 2 is 1.89 bits per heavy atom. The average Bonchev–Trinajstić information content (AvgIpc) is 2.82. The van der Waals surface area contributed by atoms with Crippen molar-refractivity contribution in [3.8, 4) is 11.3 Å². The molecule has 0 fully saturated rings. The van der Waals surface area contributed by atoms with Gasteiger partial charge in [-0.15, -0.1) is 0 Å². The standard InChI is InChI=1S/C25H23ClFN5O3/c1-25(2,35)17-5-8-28-22(13-17)31-24-29-9-6-20(30-24)15-7-10-32(23(34)12-15)21(14-33)16-3-4-18(26)19(27)11-16/h3-13,21,33,35H,14H2,1-2H3,(H,28,29,30,31). The quantitative estimate of drug-likeness (QED) is 0.354. The topological polar surface area (TPSA) is 113 Å². The first kappa shape index (κ1) is 24.5. The first-order valence-corrected chi connectivity index (χ1v) is 11.1. The maximum absolute atomic E-state index is 13.9. The molecule has 4 aromatic rings. The molecule has 3 aromatic heterocycles. The number of aromatic nitrogens is 4. The summed E-state index contributed by atoms with van der Waals surface area (Å²) in [5, 5.41) is 23.1. The fourth-order valence-corrected chi connectivity index (χ4v) is 3.67. The van der Waals surface area contributed by atoms with Gasteiger partial charge in [-0.05, 0) is 61.4 Å². The van der Waals surface area contributed by atoms with Crippen molar-refractivity contribution < 1.29 is 14.6 Å². The zero-order valence-corrected chi connectivity index (χ0v) is 19.7. The van der Waals surface area contributed by atoms with Crippen molar-refractivity contribution in [3.63, 3.8) is 0 Å². The Balaban J connectivity index is 1.61. The lowest BCUT2D eigenvalue weighted by Gasteiger charge is -2.19. The smallest absolute Gasteiger partial charge is 0.251 e. The first-order valence-electron chi connectivity index (χ1n) is 10.7. The number of benzene rings is 1. The summed E-state index contributed by atoms with van der Waals surface area (Å²) >= 11 is 5.75. The van der Waals surface area contributed by atoms with Crippen LogP contribution in [0.1, 0.15) is 31.0 Å². The Morgan fingerprint density at radius 3 is 2.57 bits per heavy atom. The van der Waals surface area contributed by atoms with E-state index in [0.717, 1.165) is 0 Å². The van der Waals surface area contributed by atoms with Crippen LogP contribution in [0.15, 0.2) is 71.9 Å². The zero-order valence-electron chi connectivity index (χ0n) is 19.0. The van der Waals surface area contributed by atoms with Gasteiger partial charge in [-0.25, -0.2) is 19.3 Å². The number of aliphatic hydroxyl groups excluding tert-OH is 1. The number of aliphatic hydroxyl groups is 2. The summed E-state index contributed by atoms with van der Waals surface area (Å²) in [6.07, 6.45) is 4.64. The highest BCUT2D eigenvalue weighted by atomic mass is 35.5. The van der Waals surface area contributed by atoms with E-state index in [4.69, 9.17) is 11.6 Å². The molecule has 1 unspecified atom stereocenters. The molecule has 3 N–H and O–H groups in total. The lowest BCUT2D eigenvalue weighted by Crippen LogP contribution is -2.27. The van der Waals surface area contributed by atoms with E-state index < -0.39 is 29.6 Å². The Labute approximate surface area is 205 Å². The van der Waals surface area contributed by atoms with Crippen molar-refractivity contribution in [1.82, 2.24) is 19.5 Å². The minimum atomic E-state index is -1.03. The Bertz CT molecular complexity index is 1420. The molecule has 0 spiro atoms. The third kappa shape index (κ3) is 5.54. The van der Waals surface area contributed by atoms with E-state index in [-0.39, 0.29) is 11.0 Å². The van der Waals surface area contributed by atoms with Crippen LogP contribution in [0.2, 0.25) is 5.02 Å². The average molecular weight is 496 g/mol. The summed E-state index contributed by atoms with van der Waals surface area (Å²) in [5.74, 6) is 0.0889. The van der Waals surface area contributed by atoms with E-state index in [0.29, 0.717) is 28.2 Å². The van der Waals surface area contributed by atoms with Crippen LogP contribution in [0.5, 0.6) is 0 Å². The Morgan fingerprint density at radius 1 is 1.11 bits per heavy atom. The van der Waals surface area contributed by atoms with Crippen LogP contribution in [0.4, 0.5) is 16.2 Å². The predicted octanol–water partition coefficient (Wildman–Crippen LogP) is 4.05. The number of hydrogen-bond donors (Lipinski definition) is 3. The van der Waals surface area contributed by atoms with Crippen molar-refractivity contribution in [3.05, 3.63) is 99.4 Å². The van der Waals surface area contributed by atoms with Crippen LogP contribution in [0.25, 0.3) is 11.3 Å². The minimum Gasteiger partial charge on any atom is -0.394 e. The van der Waals surface area contributed by atoms with Gasteiger partial charge in [0.25, 0.3) is 5.56 Å². The molecule has 0 aliphatic rings. The molecule has 10 heteroatoms. The summed E-state index contributed by atoms with van der Waals surface area (Å²) in [7, 11) is 0. The first-order chi connectivity index (χ1) is 16.7. The molecule has 1 aromatic carbocycles. The fraction of sp³-hybridized carbons (Fsp3) is 0.200. The molecular formula is C25H23ClFN5O3. The second-order valence-corrected chi connectivity index (χ2v) is 8.82. The number of nitrogens with one attached hydrogen (secondary N) is 1. The van der Waals surface area contributed by atoms with Gasteiger partial charge in [0.05, 0.1) is 29.0 Å². The van der Waals surface area contributed by atoms with Crippen molar-refractivity contribution in [2.75, 3.05) is 11.9 Å². The lowest BCUT2D eigenvalue weighted by molar-refractivity contribution is 0.0785. The summed E-state index contributed by atoms with van der Waals surface area (Å²) < 4.78 is 15.2. The minimum absolute atomic E-state index is 0.0386. The highest BCUT2D eigenvalue weighted by molar-refractivity contribution is 6.30. The molecule has 0 saturated carbocycles. The Hall–Kier alpha value is -3.66. The lowest BCUT2D eigenvalue weighted by atomic mass is 10.00. The fourth-order valence-electron chi connectivity index (χ4n) is 3.55. The van der Waals surface area contributed by atoms with Crippen molar-refractivity contribution in [2.45, 2.75) is 25.5 Å². The van der Waals surface area contributed by atoms with Crippen molar-refractivity contribution >= 4 is 23.4 Å². The number of hydrogen-bond acceptors (Lipinski definition) is 7. The second-order valence-electron chi connectivity index (χ2n) is 8.41. The highest BCUT2D eigenvalue weighted by Crippen LogP contribution is 2.25. The van der Waals surface area contributed by atoms with Gasteiger partial charge in [-0.3, -0.25) is 4.79 Å². The van der Waals surface area contributed by atoms with Crippen LogP contribution in [0, 0.1) is 5.82 Å². The van der Waals surface area contributed by atoms with Crippen molar-refractivity contribution in [2.24, 2.45) is 0 Å². The molecule has 0 aliphatic carbocycles. The van der Waals surface area contributed by atoms with Gasteiger partial charge in [-0.1, -0.05) is 17.7 Å². The van der Waals surface area contributed by atoms with Gasteiger partial charge in [0.15, 0.2) is 0 Å². The number of pyridine rings is 2. The summed E-state index contributed by atoms with van der Waals surface area (Å²) in [5.41, 5.74) is 0.685. The monoisotopic (exact) mass is 495 g/mol. The molecule has 0 amide bonds. The van der Waals surface area contributed by atoms with Gasteiger partial charge in [0.1, 0.15) is 11.6 Å². The SMILES string of the molecule is CC(C)(O)c1ccnc(Nc2nccc(-c3ccn(C(CO)c4ccc(Cl)c(F)c4)c(=O)c3)n2)c1. The van der Waals surface area contributed by atoms with Crippen LogP contribution >= 0.6 is 11.6 Å². The van der Waals surface area contributed by atoms with Crippen LogP contribution in [-0.4, -0.2) is 36.3 Å². The van der Waals surface area contributed by atoms with Gasteiger partial charge >= 0.3 is 0 Å². The van der Waals surface area contributed by atoms with Crippen LogP contribution < -0.4 is 10.9 Å². The van der Waals surface area contributed by atoms with Gasteiger partial charge in [-0.2, -0.15) is 0 Å². The van der Waals surface area contributed by atoms with E-state index >= 15 is 0 Å². The van der Waals surface area contributed by atoms with E-state index in [1.807, 2.05) is 0 Å². The number of anilines is 2. The second kappa shape index (κ2) is 9.91. The molecular weight excluding hydrogens is 473 g/mol. The molecule has 4 rings (SSSR count). The molecule has 0 bridgehead atoms. The van der Waals surface area contributed by atoms with E-state index in [9.17, 15) is 19.4 Å². The summed E-state index contributed by atoms with van der Waals surface area (Å²) in [6.45, 7) is 2.95. The normalized spacial score (nSPS) is 12.4. The molecule has 180 valence electrons. The molecule has 35 heavy (non-hydrogen) atoms. The highest BCUT2D eigenvalue weighted by Gasteiger charge is 2.18. The third-order valence-corrected chi connectivity index (χ3v) is 5.75. The van der Waals surface area contributed by atoms with E-state index in [1.54, 1.807) is 56.6 Å². The van der Waals surface area contributed by atoms with Gasteiger partial charge < -0.3 is 20.1 Å². The molecule has 0 radical (unpaired) electrons.